The van der Waals surface area contributed by atoms with Gasteiger partial charge in [-0.1, -0.05) is 17.7 Å². The van der Waals surface area contributed by atoms with Crippen LogP contribution in [-0.4, -0.2) is 61.6 Å². The number of ether oxygens (including phenoxy) is 2. The van der Waals surface area contributed by atoms with Gasteiger partial charge >= 0.3 is 0 Å². The molecule has 0 aromatic heterocycles. The predicted molar refractivity (Wildman–Crippen MR) is 104 cm³/mol. The van der Waals surface area contributed by atoms with Crippen LogP contribution >= 0.6 is 11.6 Å². The zero-order valence-corrected chi connectivity index (χ0v) is 17.0. The number of morpholine rings is 1. The van der Waals surface area contributed by atoms with Crippen LogP contribution in [0.5, 0.6) is 5.75 Å². The molecule has 1 amide bonds. The summed E-state index contributed by atoms with van der Waals surface area (Å²) in [6.45, 7) is 1.98. The highest BCUT2D eigenvalue weighted by Gasteiger charge is 2.37. The van der Waals surface area contributed by atoms with Gasteiger partial charge in [-0.15, -0.1) is 0 Å². The molecule has 5 nitrogen and oxygen atoms in total. The van der Waals surface area contributed by atoms with Gasteiger partial charge in [-0.2, -0.15) is 0 Å². The lowest BCUT2D eigenvalue weighted by Crippen LogP contribution is -2.59. The molecular weight excluding hydrogens is 421 g/mol. The Kier molecular flexibility index (Phi) is 5.90. The van der Waals surface area contributed by atoms with Gasteiger partial charge < -0.3 is 14.4 Å². The molecule has 0 saturated carbocycles. The summed E-state index contributed by atoms with van der Waals surface area (Å²) >= 11 is 6.29. The predicted octanol–water partition coefficient (Wildman–Crippen LogP) is 3.66. The van der Waals surface area contributed by atoms with E-state index in [-0.39, 0.29) is 29.1 Å². The lowest BCUT2D eigenvalue weighted by atomic mass is 10.0. The number of rotatable bonds is 3. The van der Waals surface area contributed by atoms with E-state index in [0.717, 1.165) is 6.07 Å². The van der Waals surface area contributed by atoms with Crippen molar-refractivity contribution in [1.29, 1.82) is 0 Å². The minimum absolute atomic E-state index is 0.00554. The topological polar surface area (TPSA) is 42.0 Å². The lowest BCUT2D eigenvalue weighted by Gasteiger charge is -2.46. The van der Waals surface area contributed by atoms with Gasteiger partial charge in [-0.05, 0) is 18.2 Å². The fourth-order valence-corrected chi connectivity index (χ4v) is 4.23. The third kappa shape index (κ3) is 3.87. The van der Waals surface area contributed by atoms with E-state index in [1.807, 2.05) is 0 Å². The molecule has 0 spiro atoms. The quantitative estimate of drug-likeness (QED) is 0.683. The van der Waals surface area contributed by atoms with E-state index >= 15 is 0 Å². The molecule has 9 heteroatoms. The summed E-state index contributed by atoms with van der Waals surface area (Å²) in [5.41, 5.74) is 0.358. The molecule has 2 aliphatic heterocycles. The molecular formula is C21H20ClF3N2O3. The molecule has 2 heterocycles. The highest BCUT2D eigenvalue weighted by atomic mass is 35.5. The van der Waals surface area contributed by atoms with E-state index < -0.39 is 23.6 Å². The molecule has 160 valence electrons. The molecule has 2 aromatic carbocycles. The van der Waals surface area contributed by atoms with Crippen molar-refractivity contribution in [1.82, 2.24) is 9.80 Å². The second-order valence-electron chi connectivity index (χ2n) is 7.33. The van der Waals surface area contributed by atoms with Crippen LogP contribution in [0.15, 0.2) is 30.3 Å². The van der Waals surface area contributed by atoms with Gasteiger partial charge in [0.05, 0.1) is 36.4 Å². The Hall–Kier alpha value is -2.29. The summed E-state index contributed by atoms with van der Waals surface area (Å²) in [5, 5.41) is 0.265. The summed E-state index contributed by atoms with van der Waals surface area (Å²) in [4.78, 5) is 16.7. The maximum atomic E-state index is 14.1. The van der Waals surface area contributed by atoms with E-state index in [1.165, 1.54) is 7.11 Å². The first kappa shape index (κ1) is 21.0. The number of hydrogen-bond donors (Lipinski definition) is 0. The Morgan fingerprint density at radius 3 is 2.67 bits per heavy atom. The number of halogens is 4. The number of fused-ring (bicyclic) bond motifs is 1. The van der Waals surface area contributed by atoms with Crippen molar-refractivity contribution in [3.8, 4) is 5.75 Å². The fraction of sp³-hybridized carbons (Fsp3) is 0.381. The minimum Gasteiger partial charge on any atom is -0.495 e. The summed E-state index contributed by atoms with van der Waals surface area (Å²) in [6.07, 6.45) is -0.702. The number of methoxy groups -OCH3 is 1. The minimum atomic E-state index is -1.23. The van der Waals surface area contributed by atoms with Gasteiger partial charge in [-0.25, -0.2) is 13.2 Å². The maximum Gasteiger partial charge on any atom is 0.255 e. The van der Waals surface area contributed by atoms with Crippen molar-refractivity contribution < 1.29 is 27.4 Å². The largest absolute Gasteiger partial charge is 0.495 e. The smallest absolute Gasteiger partial charge is 0.255 e. The third-order valence-electron chi connectivity index (χ3n) is 5.58. The highest BCUT2D eigenvalue weighted by Crippen LogP contribution is 2.32. The maximum absolute atomic E-state index is 14.1. The number of piperazine rings is 1. The molecule has 0 aliphatic carbocycles. The molecule has 0 bridgehead atoms. The SMILES string of the molecule is COc1cccc(C(=O)N2CCN3C[C@@H](c4cc(F)c(F)cc4F)OC[C@@H]3C2)c1Cl. The van der Waals surface area contributed by atoms with Gasteiger partial charge in [0, 0.05) is 37.8 Å². The number of amides is 1. The fourth-order valence-electron chi connectivity index (χ4n) is 3.95. The number of hydrogen-bond acceptors (Lipinski definition) is 4. The van der Waals surface area contributed by atoms with Crippen LogP contribution in [0.1, 0.15) is 22.0 Å². The van der Waals surface area contributed by atoms with E-state index in [1.54, 1.807) is 23.1 Å². The number of nitrogens with zero attached hydrogens (tertiary/aromatic N) is 2. The van der Waals surface area contributed by atoms with Gasteiger partial charge in [0.2, 0.25) is 0 Å². The number of benzene rings is 2. The van der Waals surface area contributed by atoms with Gasteiger partial charge in [-0.3, -0.25) is 9.69 Å². The zero-order valence-electron chi connectivity index (χ0n) is 16.2. The average Bonchev–Trinajstić information content (AvgIpc) is 2.75. The summed E-state index contributed by atoms with van der Waals surface area (Å²) in [6, 6.07) is 6.34. The molecule has 0 N–H and O–H groups in total. The number of carbonyl (C=O) groups excluding carboxylic acids is 1. The monoisotopic (exact) mass is 440 g/mol. The third-order valence-corrected chi connectivity index (χ3v) is 5.97. The van der Waals surface area contributed by atoms with Crippen LogP contribution in [-0.2, 0) is 4.74 Å². The lowest BCUT2D eigenvalue weighted by molar-refractivity contribution is -0.0869. The number of carbonyl (C=O) groups is 1. The van der Waals surface area contributed by atoms with Crippen LogP contribution < -0.4 is 4.74 Å². The molecule has 30 heavy (non-hydrogen) atoms. The first-order valence-electron chi connectivity index (χ1n) is 9.51. The standard InChI is InChI=1S/C21H20ClF3N2O3/c1-29-18-4-2-3-13(20(18)22)21(28)27-6-5-26-10-19(30-11-12(26)9-27)14-7-16(24)17(25)8-15(14)23/h2-4,7-8,12,19H,5-6,9-11H2,1H3/t12-,19-/m0/s1. The van der Waals surface area contributed by atoms with Crippen molar-refractivity contribution >= 4 is 17.5 Å². The first-order valence-corrected chi connectivity index (χ1v) is 9.88. The molecule has 2 aromatic rings. The van der Waals surface area contributed by atoms with Crippen LogP contribution in [0.4, 0.5) is 13.2 Å². The van der Waals surface area contributed by atoms with E-state index in [2.05, 4.69) is 4.90 Å². The zero-order chi connectivity index (χ0) is 21.4. The van der Waals surface area contributed by atoms with E-state index in [0.29, 0.717) is 43.6 Å². The normalized spacial score (nSPS) is 22.0. The molecule has 4 rings (SSSR count). The van der Waals surface area contributed by atoms with Crippen LogP contribution in [0.25, 0.3) is 0 Å². The Morgan fingerprint density at radius 1 is 1.13 bits per heavy atom. The Labute approximate surface area is 176 Å². The summed E-state index contributed by atoms with van der Waals surface area (Å²) < 4.78 is 51.8. The summed E-state index contributed by atoms with van der Waals surface area (Å²) in [5.74, 6) is -2.94. The van der Waals surface area contributed by atoms with E-state index in [9.17, 15) is 18.0 Å². The Bertz CT molecular complexity index is 975. The van der Waals surface area contributed by atoms with E-state index in [4.69, 9.17) is 21.1 Å². The van der Waals surface area contributed by atoms with Gasteiger partial charge in [0.1, 0.15) is 11.6 Å². The van der Waals surface area contributed by atoms with Gasteiger partial charge in [0.25, 0.3) is 5.91 Å². The second kappa shape index (κ2) is 8.45. The molecule has 2 aliphatic rings. The van der Waals surface area contributed by atoms with Crippen molar-refractivity contribution in [3.05, 3.63) is 63.9 Å². The van der Waals surface area contributed by atoms with Crippen LogP contribution in [0.3, 0.4) is 0 Å². The Balaban J connectivity index is 1.45. The first-order chi connectivity index (χ1) is 14.4. The van der Waals surface area contributed by atoms with Crippen LogP contribution in [0, 0.1) is 17.5 Å². The summed E-state index contributed by atoms with van der Waals surface area (Å²) in [7, 11) is 1.49. The average molecular weight is 441 g/mol. The molecule has 0 radical (unpaired) electrons. The molecule has 2 fully saturated rings. The second-order valence-corrected chi connectivity index (χ2v) is 7.71. The van der Waals surface area contributed by atoms with Crippen LogP contribution in [0.2, 0.25) is 5.02 Å². The van der Waals surface area contributed by atoms with Gasteiger partial charge in [0.15, 0.2) is 11.6 Å². The van der Waals surface area contributed by atoms with Crippen molar-refractivity contribution in [3.63, 3.8) is 0 Å². The Morgan fingerprint density at radius 2 is 1.90 bits per heavy atom. The molecule has 0 unspecified atom stereocenters. The van der Waals surface area contributed by atoms with Crippen molar-refractivity contribution in [2.75, 3.05) is 39.9 Å². The van der Waals surface area contributed by atoms with Crippen molar-refractivity contribution in [2.24, 2.45) is 0 Å². The molecule has 2 atom stereocenters. The highest BCUT2D eigenvalue weighted by molar-refractivity contribution is 6.35. The molecule has 2 saturated heterocycles. The van der Waals surface area contributed by atoms with Crippen molar-refractivity contribution in [2.45, 2.75) is 12.1 Å².